The van der Waals surface area contributed by atoms with Crippen molar-refractivity contribution in [2.75, 3.05) is 5.75 Å². The van der Waals surface area contributed by atoms with Crippen molar-refractivity contribution >= 4 is 17.5 Å². The second-order valence-electron chi connectivity index (χ2n) is 8.66. The van der Waals surface area contributed by atoms with Crippen molar-refractivity contribution in [2.24, 2.45) is 0 Å². The third kappa shape index (κ3) is 5.14. The fourth-order valence-electron chi connectivity index (χ4n) is 3.38. The number of hydrogen-bond acceptors (Lipinski definition) is 5. The maximum atomic E-state index is 12.8. The molecule has 0 saturated carbocycles. The molecule has 0 radical (unpaired) electrons. The number of rotatable bonds is 7. The van der Waals surface area contributed by atoms with Crippen molar-refractivity contribution in [1.29, 1.82) is 0 Å². The Morgan fingerprint density at radius 2 is 1.69 bits per heavy atom. The van der Waals surface area contributed by atoms with Crippen LogP contribution < -0.4 is 0 Å². The molecule has 2 aromatic carbocycles. The first-order chi connectivity index (χ1) is 15.4. The van der Waals surface area contributed by atoms with Crippen molar-refractivity contribution in [2.45, 2.75) is 37.9 Å². The lowest BCUT2D eigenvalue weighted by atomic mass is 9.86. The van der Waals surface area contributed by atoms with Crippen molar-refractivity contribution in [3.8, 4) is 11.4 Å². The average Bonchev–Trinajstić information content (AvgIpc) is 3.20. The van der Waals surface area contributed by atoms with Gasteiger partial charge in [-0.15, -0.1) is 10.2 Å². The SMILES string of the molecule is CC(C)(C)c1ccc(C(=O)CSc2nnc(-c3cccnc3)n2Cc2ccccc2)cc1. The second-order valence-corrected chi connectivity index (χ2v) is 9.60. The van der Waals surface area contributed by atoms with Crippen LogP contribution in [0.2, 0.25) is 0 Å². The fraction of sp³-hybridized carbons (Fsp3) is 0.231. The van der Waals surface area contributed by atoms with E-state index in [1.54, 1.807) is 12.4 Å². The number of ketones is 1. The minimum absolute atomic E-state index is 0.0624. The first kappa shape index (κ1) is 22.0. The van der Waals surface area contributed by atoms with E-state index in [1.807, 2.05) is 59.2 Å². The fourth-order valence-corrected chi connectivity index (χ4v) is 4.21. The van der Waals surface area contributed by atoms with Gasteiger partial charge in [-0.25, -0.2) is 0 Å². The van der Waals surface area contributed by atoms with Crippen LogP contribution in [0.1, 0.15) is 42.3 Å². The Labute approximate surface area is 192 Å². The summed E-state index contributed by atoms with van der Waals surface area (Å²) in [4.78, 5) is 17.1. The van der Waals surface area contributed by atoms with Gasteiger partial charge in [-0.3, -0.25) is 14.3 Å². The maximum Gasteiger partial charge on any atom is 0.192 e. The molecule has 0 fully saturated rings. The van der Waals surface area contributed by atoms with E-state index in [0.717, 1.165) is 17.0 Å². The number of Topliss-reactive ketones (excluding diaryl/α,β-unsaturated/α-hetero) is 1. The molecule has 2 heterocycles. The number of carbonyl (C=O) groups is 1. The molecule has 0 aliphatic rings. The summed E-state index contributed by atoms with van der Waals surface area (Å²) in [7, 11) is 0. The summed E-state index contributed by atoms with van der Waals surface area (Å²) in [5.74, 6) is 1.12. The van der Waals surface area contributed by atoms with Crippen molar-refractivity contribution in [3.63, 3.8) is 0 Å². The first-order valence-electron chi connectivity index (χ1n) is 10.6. The molecule has 0 aliphatic carbocycles. The molecule has 5 nitrogen and oxygen atoms in total. The van der Waals surface area contributed by atoms with Gasteiger partial charge < -0.3 is 0 Å². The molecule has 32 heavy (non-hydrogen) atoms. The van der Waals surface area contributed by atoms with E-state index in [1.165, 1.54) is 17.3 Å². The molecule has 0 spiro atoms. The van der Waals surface area contributed by atoms with Crippen LogP contribution >= 0.6 is 11.8 Å². The molecule has 0 saturated heterocycles. The smallest absolute Gasteiger partial charge is 0.192 e. The molecular formula is C26H26N4OS. The highest BCUT2D eigenvalue weighted by Gasteiger charge is 2.18. The average molecular weight is 443 g/mol. The summed E-state index contributed by atoms with van der Waals surface area (Å²) >= 11 is 1.41. The molecule has 162 valence electrons. The Balaban J connectivity index is 1.55. The number of carbonyl (C=O) groups excluding carboxylic acids is 1. The normalized spacial score (nSPS) is 11.5. The third-order valence-corrected chi connectivity index (χ3v) is 6.19. The van der Waals surface area contributed by atoms with E-state index in [9.17, 15) is 4.79 Å². The molecule has 0 unspecified atom stereocenters. The summed E-state index contributed by atoms with van der Waals surface area (Å²) in [5.41, 5.74) is 4.03. The van der Waals surface area contributed by atoms with Gasteiger partial charge >= 0.3 is 0 Å². The zero-order chi connectivity index (χ0) is 22.6. The van der Waals surface area contributed by atoms with Gasteiger partial charge in [0.15, 0.2) is 16.8 Å². The summed E-state index contributed by atoms with van der Waals surface area (Å²) < 4.78 is 2.05. The zero-order valence-corrected chi connectivity index (χ0v) is 19.3. The molecule has 2 aromatic heterocycles. The molecule has 4 rings (SSSR count). The van der Waals surface area contributed by atoms with Crippen LogP contribution in [-0.2, 0) is 12.0 Å². The second kappa shape index (κ2) is 9.49. The molecule has 0 atom stereocenters. The molecule has 0 amide bonds. The Bertz CT molecular complexity index is 1180. The Hall–Kier alpha value is -3.25. The molecule has 0 N–H and O–H groups in total. The van der Waals surface area contributed by atoms with Gasteiger partial charge in [-0.2, -0.15) is 0 Å². The van der Waals surface area contributed by atoms with Gasteiger partial charge in [0.05, 0.1) is 12.3 Å². The Morgan fingerprint density at radius 1 is 0.938 bits per heavy atom. The first-order valence-corrected chi connectivity index (χ1v) is 11.5. The Morgan fingerprint density at radius 3 is 2.34 bits per heavy atom. The largest absolute Gasteiger partial charge is 0.297 e. The maximum absolute atomic E-state index is 12.8. The van der Waals surface area contributed by atoms with Crippen molar-refractivity contribution in [3.05, 3.63) is 95.8 Å². The van der Waals surface area contributed by atoms with Crippen molar-refractivity contribution < 1.29 is 4.79 Å². The van der Waals surface area contributed by atoms with Gasteiger partial charge in [0.25, 0.3) is 0 Å². The Kier molecular flexibility index (Phi) is 6.51. The minimum atomic E-state index is 0.0624. The van der Waals surface area contributed by atoms with Crippen LogP contribution in [0.5, 0.6) is 0 Å². The van der Waals surface area contributed by atoms with Crippen LogP contribution in [-0.4, -0.2) is 31.3 Å². The van der Waals surface area contributed by atoms with Crippen LogP contribution in [0, 0.1) is 0 Å². The lowest BCUT2D eigenvalue weighted by Gasteiger charge is -2.18. The predicted molar refractivity (Wildman–Crippen MR) is 129 cm³/mol. The number of thioether (sulfide) groups is 1. The zero-order valence-electron chi connectivity index (χ0n) is 18.5. The van der Waals surface area contributed by atoms with Gasteiger partial charge in [-0.1, -0.05) is 87.1 Å². The number of nitrogens with zero attached hydrogens (tertiary/aromatic N) is 4. The van der Waals surface area contributed by atoms with E-state index in [4.69, 9.17) is 0 Å². The van der Waals surface area contributed by atoms with Crippen LogP contribution in [0.15, 0.2) is 84.3 Å². The summed E-state index contributed by atoms with van der Waals surface area (Å²) in [6.07, 6.45) is 3.52. The topological polar surface area (TPSA) is 60.7 Å². The molecular weight excluding hydrogens is 416 g/mol. The third-order valence-electron chi connectivity index (χ3n) is 5.23. The lowest BCUT2D eigenvalue weighted by molar-refractivity contribution is 0.102. The highest BCUT2D eigenvalue weighted by molar-refractivity contribution is 7.99. The summed E-state index contributed by atoms with van der Waals surface area (Å²) in [5, 5.41) is 9.52. The number of benzene rings is 2. The van der Waals surface area contributed by atoms with E-state index in [0.29, 0.717) is 23.0 Å². The minimum Gasteiger partial charge on any atom is -0.297 e. The van der Waals surface area contributed by atoms with E-state index < -0.39 is 0 Å². The van der Waals surface area contributed by atoms with Crippen molar-refractivity contribution in [1.82, 2.24) is 19.7 Å². The highest BCUT2D eigenvalue weighted by Crippen LogP contribution is 2.26. The van der Waals surface area contributed by atoms with Gasteiger partial charge in [-0.05, 0) is 28.7 Å². The van der Waals surface area contributed by atoms with Gasteiger partial charge in [0.2, 0.25) is 0 Å². The van der Waals surface area contributed by atoms with E-state index in [-0.39, 0.29) is 11.2 Å². The molecule has 0 aliphatic heterocycles. The number of hydrogen-bond donors (Lipinski definition) is 0. The predicted octanol–water partition coefficient (Wildman–Crippen LogP) is 5.66. The highest BCUT2D eigenvalue weighted by atomic mass is 32.2. The standard InChI is InChI=1S/C26H26N4OS/c1-26(2,3)22-13-11-20(12-14-22)23(31)18-32-25-29-28-24(21-10-7-15-27-16-21)30(25)17-19-8-5-4-6-9-19/h4-16H,17-18H2,1-3H3. The van der Waals surface area contributed by atoms with E-state index >= 15 is 0 Å². The molecule has 0 bridgehead atoms. The molecule has 6 heteroatoms. The van der Waals surface area contributed by atoms with Gasteiger partial charge in [0.1, 0.15) is 0 Å². The van der Waals surface area contributed by atoms with Crippen LogP contribution in [0.4, 0.5) is 0 Å². The van der Waals surface area contributed by atoms with Crippen LogP contribution in [0.25, 0.3) is 11.4 Å². The number of pyridine rings is 1. The summed E-state index contributed by atoms with van der Waals surface area (Å²) in [6.45, 7) is 7.12. The van der Waals surface area contributed by atoms with Gasteiger partial charge in [0, 0.05) is 23.5 Å². The quantitative estimate of drug-likeness (QED) is 0.273. The lowest BCUT2D eigenvalue weighted by Crippen LogP contribution is -2.12. The number of aromatic nitrogens is 4. The van der Waals surface area contributed by atoms with E-state index in [2.05, 4.69) is 48.1 Å². The molecule has 4 aromatic rings. The van der Waals surface area contributed by atoms with Crippen LogP contribution in [0.3, 0.4) is 0 Å². The monoisotopic (exact) mass is 442 g/mol. The summed E-state index contributed by atoms with van der Waals surface area (Å²) in [6, 6.07) is 21.9.